The van der Waals surface area contributed by atoms with Crippen LogP contribution >= 0.6 is 0 Å². The summed E-state index contributed by atoms with van der Waals surface area (Å²) in [5.74, 6) is -3.24. The molecule has 2 saturated heterocycles. The van der Waals surface area contributed by atoms with E-state index in [0.29, 0.717) is 25.9 Å². The molecule has 1 saturated carbocycles. The van der Waals surface area contributed by atoms with E-state index in [1.807, 2.05) is 0 Å². The number of ether oxygens (including phenoxy) is 1. The van der Waals surface area contributed by atoms with Gasteiger partial charge in [-0.25, -0.2) is 23.7 Å². The second kappa shape index (κ2) is 12.6. The largest absolute Gasteiger partial charge is 0.504 e. The lowest BCUT2D eigenvalue weighted by Crippen LogP contribution is -2.48. The van der Waals surface area contributed by atoms with Crippen LogP contribution in [0.4, 0.5) is 14.6 Å². The number of amides is 3. The Kier molecular flexibility index (Phi) is 9.25. The van der Waals surface area contributed by atoms with E-state index in [1.54, 1.807) is 0 Å². The predicted octanol–water partition coefficient (Wildman–Crippen LogP) is 2.92. The molecule has 2 aliphatic heterocycles. The molecule has 3 fully saturated rings. The summed E-state index contributed by atoms with van der Waals surface area (Å²) in [4.78, 5) is 49.1. The molecule has 3 heterocycles. The Balaban J connectivity index is 1.48. The number of aromatic hydroxyl groups is 1. The molecular weight excluding hydrogens is 490 g/mol. The van der Waals surface area contributed by atoms with Gasteiger partial charge in [-0.05, 0) is 25.2 Å². The summed E-state index contributed by atoms with van der Waals surface area (Å²) in [5.41, 5.74) is 0. The third-order valence-electron chi connectivity index (χ3n) is 7.26. The smallest absolute Gasteiger partial charge is 0.248 e. The van der Waals surface area contributed by atoms with E-state index < -0.39 is 47.8 Å². The zero-order valence-electron chi connectivity index (χ0n) is 20.7. The second-order valence-electron chi connectivity index (χ2n) is 10.0. The van der Waals surface area contributed by atoms with Crippen LogP contribution in [0.1, 0.15) is 57.8 Å². The number of pyridine rings is 1. The number of hydrogen-bond acceptors (Lipinski definition) is 7. The highest BCUT2D eigenvalue weighted by Crippen LogP contribution is 2.33. The number of anilines is 1. The van der Waals surface area contributed by atoms with Gasteiger partial charge in [-0.15, -0.1) is 0 Å². The molecule has 204 valence electrons. The van der Waals surface area contributed by atoms with Crippen molar-refractivity contribution < 1.29 is 37.8 Å². The maximum atomic E-state index is 14.5. The monoisotopic (exact) mass is 524 g/mol. The first-order chi connectivity index (χ1) is 17.8. The first kappa shape index (κ1) is 27.2. The number of hydroxylamine groups is 2. The number of alkyl halides is 1. The van der Waals surface area contributed by atoms with E-state index >= 15 is 0 Å². The molecule has 1 aliphatic carbocycles. The van der Waals surface area contributed by atoms with Gasteiger partial charge in [0.05, 0.1) is 25.2 Å². The predicted molar refractivity (Wildman–Crippen MR) is 127 cm³/mol. The van der Waals surface area contributed by atoms with Crippen molar-refractivity contribution in [1.29, 1.82) is 0 Å². The van der Waals surface area contributed by atoms with Gasteiger partial charge >= 0.3 is 0 Å². The molecule has 1 aromatic rings. The fraction of sp³-hybridized carbons (Fsp3) is 0.680. The second-order valence-corrected chi connectivity index (χ2v) is 10.0. The van der Waals surface area contributed by atoms with Crippen molar-refractivity contribution in [3.05, 3.63) is 18.1 Å². The van der Waals surface area contributed by atoms with Crippen molar-refractivity contribution in [1.82, 2.24) is 14.9 Å². The van der Waals surface area contributed by atoms with Crippen molar-refractivity contribution in [3.8, 4) is 5.75 Å². The molecule has 1 aromatic heterocycles. The van der Waals surface area contributed by atoms with E-state index in [4.69, 9.17) is 9.57 Å². The van der Waals surface area contributed by atoms with Crippen LogP contribution < -0.4 is 5.32 Å². The Morgan fingerprint density at radius 3 is 2.73 bits per heavy atom. The molecule has 0 aromatic carbocycles. The quantitative estimate of drug-likeness (QED) is 0.357. The van der Waals surface area contributed by atoms with E-state index in [0.717, 1.165) is 55.9 Å². The van der Waals surface area contributed by atoms with Gasteiger partial charge in [0, 0.05) is 25.5 Å². The fourth-order valence-corrected chi connectivity index (χ4v) is 5.41. The van der Waals surface area contributed by atoms with Gasteiger partial charge in [0.15, 0.2) is 17.9 Å². The number of carbonyl (C=O) groups is 3. The summed E-state index contributed by atoms with van der Waals surface area (Å²) < 4.78 is 33.3. The average Bonchev–Trinajstić information content (AvgIpc) is 3.54. The minimum Gasteiger partial charge on any atom is -0.504 e. The summed E-state index contributed by atoms with van der Waals surface area (Å²) in [6.45, 7) is 0.220. The van der Waals surface area contributed by atoms with Crippen molar-refractivity contribution in [2.75, 3.05) is 25.0 Å². The summed E-state index contributed by atoms with van der Waals surface area (Å²) in [7, 11) is 0. The first-order valence-corrected chi connectivity index (χ1v) is 12.9. The fourth-order valence-electron chi connectivity index (χ4n) is 5.41. The number of rotatable bonds is 10. The van der Waals surface area contributed by atoms with Gasteiger partial charge in [-0.1, -0.05) is 25.7 Å². The van der Waals surface area contributed by atoms with Crippen LogP contribution in [0.3, 0.4) is 0 Å². The summed E-state index contributed by atoms with van der Waals surface area (Å²) in [5, 5.41) is 13.3. The highest BCUT2D eigenvalue weighted by molar-refractivity contribution is 5.98. The Bertz CT molecular complexity index is 957. The van der Waals surface area contributed by atoms with Crippen molar-refractivity contribution in [3.63, 3.8) is 0 Å². The Hall–Kier alpha value is -2.86. The third-order valence-corrected chi connectivity index (χ3v) is 7.26. The Morgan fingerprint density at radius 1 is 1.30 bits per heavy atom. The lowest BCUT2D eigenvalue weighted by Gasteiger charge is -2.32. The van der Waals surface area contributed by atoms with Gasteiger partial charge < -0.3 is 20.1 Å². The lowest BCUT2D eigenvalue weighted by molar-refractivity contribution is -0.276. The molecule has 0 radical (unpaired) electrons. The average molecular weight is 525 g/mol. The van der Waals surface area contributed by atoms with E-state index in [1.165, 1.54) is 4.90 Å². The van der Waals surface area contributed by atoms with Crippen LogP contribution in [0.25, 0.3) is 0 Å². The molecule has 3 amide bonds. The molecule has 4 rings (SSSR count). The van der Waals surface area contributed by atoms with Gasteiger partial charge in [0.1, 0.15) is 18.0 Å². The highest BCUT2D eigenvalue weighted by atomic mass is 19.1. The van der Waals surface area contributed by atoms with Crippen LogP contribution in [0, 0.1) is 17.7 Å². The number of aromatic nitrogens is 1. The molecule has 2 N–H and O–H groups in total. The first-order valence-electron chi connectivity index (χ1n) is 12.9. The molecule has 3 aliphatic rings. The van der Waals surface area contributed by atoms with Gasteiger partial charge in [0.2, 0.25) is 18.2 Å². The van der Waals surface area contributed by atoms with Gasteiger partial charge in [0.25, 0.3) is 0 Å². The minimum absolute atomic E-state index is 0.0409. The van der Waals surface area contributed by atoms with Crippen LogP contribution in [-0.2, 0) is 24.0 Å². The summed E-state index contributed by atoms with van der Waals surface area (Å²) in [6.07, 6.45) is 6.11. The van der Waals surface area contributed by atoms with Crippen LogP contribution in [0.15, 0.2) is 12.3 Å². The standard InChI is InChI=1S/C25H34F2N4O6/c26-18-11-21(33)23(28-12-18)29-24(34)20-10-19(27)14-31(20)25(35)17(9-16-5-1-2-6-16)13-30(15-32)37-22-7-3-4-8-36-22/h11-12,15-17,19-20,22,33H,1-10,13-14H2,(H,28,29,34). The number of nitrogens with one attached hydrogen (secondary N) is 1. The zero-order valence-corrected chi connectivity index (χ0v) is 20.7. The molecule has 0 bridgehead atoms. The van der Waals surface area contributed by atoms with Crippen LogP contribution in [-0.4, -0.2) is 76.5 Å². The molecular formula is C25H34F2N4O6. The number of carbonyl (C=O) groups excluding carboxylic acids is 3. The highest BCUT2D eigenvalue weighted by Gasteiger charge is 2.43. The third kappa shape index (κ3) is 7.13. The molecule has 4 unspecified atom stereocenters. The summed E-state index contributed by atoms with van der Waals surface area (Å²) in [6, 6.07) is -0.355. The Morgan fingerprint density at radius 2 is 2.05 bits per heavy atom. The topological polar surface area (TPSA) is 121 Å². The number of halogens is 2. The molecule has 12 heteroatoms. The molecule has 37 heavy (non-hydrogen) atoms. The van der Waals surface area contributed by atoms with Crippen molar-refractivity contribution in [2.45, 2.75) is 76.3 Å². The van der Waals surface area contributed by atoms with Crippen molar-refractivity contribution in [2.24, 2.45) is 11.8 Å². The van der Waals surface area contributed by atoms with Gasteiger partial charge in [-0.3, -0.25) is 14.4 Å². The van der Waals surface area contributed by atoms with E-state index in [2.05, 4.69) is 10.3 Å². The summed E-state index contributed by atoms with van der Waals surface area (Å²) >= 11 is 0. The lowest BCUT2D eigenvalue weighted by atomic mass is 9.91. The van der Waals surface area contributed by atoms with Crippen LogP contribution in [0.5, 0.6) is 5.75 Å². The minimum atomic E-state index is -1.42. The normalized spacial score (nSPS) is 25.1. The van der Waals surface area contributed by atoms with Crippen molar-refractivity contribution >= 4 is 24.0 Å². The zero-order chi connectivity index (χ0) is 26.4. The molecule has 0 spiro atoms. The SMILES string of the molecule is O=CN(CC(CC1CCCC1)C(=O)N1CC(F)CC1C(=O)Nc1ncc(F)cc1O)OC1CCCCO1. The number of likely N-dealkylation sites (tertiary alicyclic amines) is 1. The number of nitrogens with zero attached hydrogens (tertiary/aromatic N) is 3. The Labute approximate surface area is 214 Å². The maximum absolute atomic E-state index is 14.5. The van der Waals surface area contributed by atoms with E-state index in [-0.39, 0.29) is 31.2 Å². The van der Waals surface area contributed by atoms with Gasteiger partial charge in [-0.2, -0.15) is 0 Å². The molecule has 4 atom stereocenters. The van der Waals surface area contributed by atoms with Crippen LogP contribution in [0.2, 0.25) is 0 Å². The molecule has 10 nitrogen and oxygen atoms in total. The van der Waals surface area contributed by atoms with E-state index in [9.17, 15) is 28.3 Å². The maximum Gasteiger partial charge on any atom is 0.248 e. The number of hydrogen-bond donors (Lipinski definition) is 2.